The summed E-state index contributed by atoms with van der Waals surface area (Å²) in [6.45, 7) is 0.0439. The van der Waals surface area contributed by atoms with E-state index in [2.05, 4.69) is 4.74 Å². The van der Waals surface area contributed by atoms with Crippen molar-refractivity contribution in [3.63, 3.8) is 0 Å². The van der Waals surface area contributed by atoms with Crippen molar-refractivity contribution in [3.8, 4) is 0 Å². The molecule has 0 aromatic heterocycles. The molecule has 1 atom stereocenters. The van der Waals surface area contributed by atoms with E-state index in [4.69, 9.17) is 15.3 Å². The Bertz CT molecular complexity index is 376. The normalized spacial score (nSPS) is 14.4. The zero-order valence-electron chi connectivity index (χ0n) is 10.9. The van der Waals surface area contributed by atoms with Crippen LogP contribution in [0.25, 0.3) is 0 Å². The van der Waals surface area contributed by atoms with Gasteiger partial charge in [0.25, 0.3) is 5.79 Å². The third-order valence-corrected chi connectivity index (χ3v) is 2.69. The molecule has 0 aliphatic heterocycles. The molecule has 20 heavy (non-hydrogen) atoms. The topological polar surface area (TPSA) is 162 Å². The zero-order chi connectivity index (χ0) is 16.0. The second-order valence-corrected chi connectivity index (χ2v) is 4.46. The molecule has 0 fully saturated rings. The number of ether oxygens (including phenoxy) is 1. The molecule has 0 amide bonds. The van der Waals surface area contributed by atoms with Crippen LogP contribution in [0.2, 0.25) is 0 Å². The Hall–Kier alpha value is -1.71. The Morgan fingerprint density at radius 3 is 2.05 bits per heavy atom. The summed E-state index contributed by atoms with van der Waals surface area (Å²) in [6, 6.07) is 0. The van der Waals surface area contributed by atoms with Crippen molar-refractivity contribution in [1.29, 1.82) is 0 Å². The molecule has 0 spiro atoms. The van der Waals surface area contributed by atoms with E-state index in [9.17, 15) is 24.6 Å². The first-order chi connectivity index (χ1) is 9.11. The van der Waals surface area contributed by atoms with Crippen molar-refractivity contribution in [2.24, 2.45) is 5.41 Å². The van der Waals surface area contributed by atoms with Crippen LogP contribution >= 0.6 is 0 Å². The van der Waals surface area contributed by atoms with Crippen LogP contribution < -0.4 is 0 Å². The lowest BCUT2D eigenvalue weighted by molar-refractivity contribution is -0.218. The minimum absolute atomic E-state index is 0.00506. The second kappa shape index (κ2) is 7.17. The molecule has 0 aromatic rings. The molecule has 1 unspecified atom stereocenters. The lowest BCUT2D eigenvalue weighted by atomic mass is 9.85. The van der Waals surface area contributed by atoms with Crippen LogP contribution in [-0.2, 0) is 19.1 Å². The minimum atomic E-state index is -3.25. The summed E-state index contributed by atoms with van der Waals surface area (Å²) in [6.07, 6.45) is -0.934. The van der Waals surface area contributed by atoms with Crippen LogP contribution in [0.3, 0.4) is 0 Å². The highest BCUT2D eigenvalue weighted by Gasteiger charge is 2.43. The van der Waals surface area contributed by atoms with Crippen LogP contribution in [0.1, 0.15) is 26.2 Å². The summed E-state index contributed by atoms with van der Waals surface area (Å²) in [5.74, 6) is -7.99. The van der Waals surface area contributed by atoms with E-state index in [0.29, 0.717) is 6.42 Å². The van der Waals surface area contributed by atoms with E-state index in [1.54, 1.807) is 6.92 Å². The summed E-state index contributed by atoms with van der Waals surface area (Å²) in [5.41, 5.74) is -1.76. The molecule has 0 aliphatic carbocycles. The summed E-state index contributed by atoms with van der Waals surface area (Å²) in [5, 5.41) is 44.9. The summed E-state index contributed by atoms with van der Waals surface area (Å²) < 4.78 is 4.43. The van der Waals surface area contributed by atoms with E-state index < -0.39 is 48.7 Å². The number of aliphatic hydroxyl groups excluding tert-OH is 1. The third kappa shape index (κ3) is 4.76. The fraction of sp³-hybridized carbons (Fsp3) is 0.727. The van der Waals surface area contributed by atoms with Gasteiger partial charge in [0.1, 0.15) is 18.4 Å². The molecule has 0 saturated carbocycles. The number of carboxylic acids is 2. The van der Waals surface area contributed by atoms with Crippen molar-refractivity contribution in [1.82, 2.24) is 0 Å². The molecule has 0 rings (SSSR count). The Balaban J connectivity index is 4.83. The number of carbonyl (C=O) groups is 3. The molecular weight excluding hydrogens is 276 g/mol. The molecule has 0 heterocycles. The molecular formula is C11H18O9. The standard InChI is InChI=1S/C11H18O9/c1-2-3-10(5-12,8(15)16)6-20-9(17)11(18,19)4-7(13)14/h12,18-19H,2-6H2,1H3,(H,13,14)(H,15,16). The predicted octanol–water partition coefficient (Wildman–Crippen LogP) is -1.45. The first kappa shape index (κ1) is 18.3. The summed E-state index contributed by atoms with van der Waals surface area (Å²) in [4.78, 5) is 32.8. The number of hydrogen-bond acceptors (Lipinski definition) is 7. The van der Waals surface area contributed by atoms with Crippen LogP contribution in [-0.4, -0.2) is 62.4 Å². The lowest BCUT2D eigenvalue weighted by Crippen LogP contribution is -2.46. The van der Waals surface area contributed by atoms with Gasteiger partial charge in [-0.05, 0) is 6.42 Å². The van der Waals surface area contributed by atoms with Gasteiger partial charge in [-0.1, -0.05) is 13.3 Å². The van der Waals surface area contributed by atoms with Gasteiger partial charge < -0.3 is 30.3 Å². The SMILES string of the molecule is CCCC(CO)(COC(=O)C(O)(O)CC(=O)O)C(=O)O. The van der Waals surface area contributed by atoms with E-state index >= 15 is 0 Å². The van der Waals surface area contributed by atoms with Crippen molar-refractivity contribution >= 4 is 17.9 Å². The second-order valence-electron chi connectivity index (χ2n) is 4.46. The molecule has 116 valence electrons. The average Bonchev–Trinajstić information content (AvgIpc) is 2.32. The third-order valence-electron chi connectivity index (χ3n) is 2.69. The fourth-order valence-corrected chi connectivity index (χ4v) is 1.51. The Morgan fingerprint density at radius 2 is 1.70 bits per heavy atom. The highest BCUT2D eigenvalue weighted by molar-refractivity contribution is 5.83. The van der Waals surface area contributed by atoms with Crippen LogP contribution in [0.15, 0.2) is 0 Å². The molecule has 0 saturated heterocycles. The summed E-state index contributed by atoms with van der Waals surface area (Å²) >= 11 is 0. The van der Waals surface area contributed by atoms with Gasteiger partial charge in [0.2, 0.25) is 0 Å². The van der Waals surface area contributed by atoms with Gasteiger partial charge in [0.05, 0.1) is 6.61 Å². The first-order valence-corrected chi connectivity index (χ1v) is 5.79. The quantitative estimate of drug-likeness (QED) is 0.253. The minimum Gasteiger partial charge on any atom is -0.481 e. The number of carbonyl (C=O) groups excluding carboxylic acids is 1. The van der Waals surface area contributed by atoms with Gasteiger partial charge in [-0.3, -0.25) is 9.59 Å². The van der Waals surface area contributed by atoms with Crippen molar-refractivity contribution < 1.29 is 44.7 Å². The highest BCUT2D eigenvalue weighted by Crippen LogP contribution is 2.25. The van der Waals surface area contributed by atoms with E-state index in [-0.39, 0.29) is 6.42 Å². The Kier molecular flexibility index (Phi) is 6.56. The van der Waals surface area contributed by atoms with Crippen LogP contribution in [0, 0.1) is 5.41 Å². The maximum absolute atomic E-state index is 11.3. The van der Waals surface area contributed by atoms with Crippen molar-refractivity contribution in [3.05, 3.63) is 0 Å². The monoisotopic (exact) mass is 294 g/mol. The van der Waals surface area contributed by atoms with Gasteiger partial charge in [-0.15, -0.1) is 0 Å². The van der Waals surface area contributed by atoms with Gasteiger partial charge in [0, 0.05) is 0 Å². The lowest BCUT2D eigenvalue weighted by Gasteiger charge is -2.27. The van der Waals surface area contributed by atoms with E-state index in [1.807, 2.05) is 0 Å². The number of esters is 1. The maximum atomic E-state index is 11.3. The smallest absolute Gasteiger partial charge is 0.367 e. The first-order valence-electron chi connectivity index (χ1n) is 5.79. The molecule has 5 N–H and O–H groups in total. The number of rotatable bonds is 9. The number of aliphatic carboxylic acids is 2. The number of hydrogen-bond donors (Lipinski definition) is 5. The zero-order valence-corrected chi connectivity index (χ0v) is 10.9. The molecule has 0 aliphatic rings. The van der Waals surface area contributed by atoms with Gasteiger partial charge in [-0.25, -0.2) is 4.79 Å². The van der Waals surface area contributed by atoms with E-state index in [0.717, 1.165) is 0 Å². The molecule has 0 bridgehead atoms. The Labute approximate surface area is 114 Å². The number of carboxylic acid groups (broad SMARTS) is 2. The molecule has 0 aromatic carbocycles. The van der Waals surface area contributed by atoms with Gasteiger partial charge in [-0.2, -0.15) is 0 Å². The predicted molar refractivity (Wildman–Crippen MR) is 62.4 cm³/mol. The van der Waals surface area contributed by atoms with E-state index in [1.165, 1.54) is 0 Å². The summed E-state index contributed by atoms with van der Waals surface area (Å²) in [7, 11) is 0. The maximum Gasteiger partial charge on any atom is 0.367 e. The average molecular weight is 294 g/mol. The molecule has 9 heteroatoms. The molecule has 0 radical (unpaired) electrons. The van der Waals surface area contributed by atoms with Crippen molar-refractivity contribution in [2.45, 2.75) is 32.0 Å². The highest BCUT2D eigenvalue weighted by atomic mass is 16.6. The van der Waals surface area contributed by atoms with Gasteiger partial charge in [0.15, 0.2) is 0 Å². The van der Waals surface area contributed by atoms with Crippen molar-refractivity contribution in [2.75, 3.05) is 13.2 Å². The largest absolute Gasteiger partial charge is 0.481 e. The molecule has 9 nitrogen and oxygen atoms in total. The fourth-order valence-electron chi connectivity index (χ4n) is 1.51. The van der Waals surface area contributed by atoms with Crippen LogP contribution in [0.5, 0.6) is 0 Å². The van der Waals surface area contributed by atoms with Crippen LogP contribution in [0.4, 0.5) is 0 Å². The van der Waals surface area contributed by atoms with Gasteiger partial charge >= 0.3 is 17.9 Å². The Morgan fingerprint density at radius 1 is 1.15 bits per heavy atom. The number of aliphatic hydroxyl groups is 3.